The predicted molar refractivity (Wildman–Crippen MR) is 45.1 cm³/mol. The zero-order valence-corrected chi connectivity index (χ0v) is 8.30. The Morgan fingerprint density at radius 3 is 2.00 bits per heavy atom. The Morgan fingerprint density at radius 2 is 1.91 bits per heavy atom. The van der Waals surface area contributed by atoms with E-state index in [0.717, 1.165) is 0 Å². The van der Waals surface area contributed by atoms with E-state index in [1.54, 1.807) is 6.92 Å². The molecule has 0 spiro atoms. The normalized spacial score (nSPS) is 35.3. The van der Waals surface area contributed by atoms with Gasteiger partial charge in [0.05, 0.1) is 5.75 Å². The number of alkyl halides is 2. The fourth-order valence-corrected chi connectivity index (χ4v) is 3.16. The summed E-state index contributed by atoms with van der Waals surface area (Å²) in [5, 5.41) is 4.84. The first-order valence-corrected chi connectivity index (χ1v) is 5.52. The molecular weight excluding hydrogens is 209 g/mol. The minimum absolute atomic E-state index is 0.146. The average molecular weight is 218 g/mol. The lowest BCUT2D eigenvalue weighted by Crippen LogP contribution is -2.25. The molecule has 1 saturated carbocycles. The van der Waals surface area contributed by atoms with Crippen molar-refractivity contribution in [2.75, 3.05) is 5.75 Å². The molecule has 0 heterocycles. The Bertz CT molecular complexity index is 274. The molecule has 0 radical (unpaired) electrons. The van der Waals surface area contributed by atoms with Gasteiger partial charge < -0.3 is 0 Å². The van der Waals surface area contributed by atoms with Gasteiger partial charge in [-0.05, 0) is 6.42 Å². The molecule has 0 bridgehead atoms. The van der Waals surface area contributed by atoms with Crippen molar-refractivity contribution < 1.29 is 8.42 Å². The van der Waals surface area contributed by atoms with Crippen LogP contribution in [-0.2, 0) is 10.0 Å². The van der Waals surface area contributed by atoms with Crippen molar-refractivity contribution in [3.63, 3.8) is 0 Å². The van der Waals surface area contributed by atoms with E-state index in [0.29, 0.717) is 6.42 Å². The number of hydrogen-bond donors (Lipinski definition) is 1. The maximum absolute atomic E-state index is 10.6. The summed E-state index contributed by atoms with van der Waals surface area (Å²) < 4.78 is 20.4. The van der Waals surface area contributed by atoms with Crippen molar-refractivity contribution >= 4 is 33.2 Å². The lowest BCUT2D eigenvalue weighted by atomic mass is 10.2. The molecule has 0 amide bonds. The second kappa shape index (κ2) is 2.25. The summed E-state index contributed by atoms with van der Waals surface area (Å²) in [7, 11) is -3.46. The molecule has 0 aromatic rings. The number of rotatable bonds is 2. The van der Waals surface area contributed by atoms with Crippen LogP contribution in [0.25, 0.3) is 0 Å². The van der Waals surface area contributed by atoms with Crippen LogP contribution in [0.5, 0.6) is 0 Å². The van der Waals surface area contributed by atoms with E-state index in [9.17, 15) is 8.42 Å². The highest BCUT2D eigenvalue weighted by Gasteiger charge is 2.64. The van der Waals surface area contributed by atoms with Crippen LogP contribution in [0.15, 0.2) is 0 Å². The Morgan fingerprint density at radius 1 is 1.55 bits per heavy atom. The molecule has 1 fully saturated rings. The zero-order chi connectivity index (χ0) is 8.91. The van der Waals surface area contributed by atoms with Gasteiger partial charge in [0.15, 0.2) is 0 Å². The van der Waals surface area contributed by atoms with Crippen LogP contribution < -0.4 is 5.14 Å². The fourth-order valence-electron chi connectivity index (χ4n) is 1.05. The van der Waals surface area contributed by atoms with Crippen LogP contribution >= 0.6 is 23.2 Å². The molecule has 1 unspecified atom stereocenters. The molecule has 1 rings (SSSR count). The quantitative estimate of drug-likeness (QED) is 0.698. The Kier molecular flexibility index (Phi) is 1.96. The summed E-state index contributed by atoms with van der Waals surface area (Å²) in [5.74, 6) is -0.146. The van der Waals surface area contributed by atoms with Crippen molar-refractivity contribution in [3.05, 3.63) is 0 Å². The minimum Gasteiger partial charge on any atom is -0.229 e. The number of sulfonamides is 1. The van der Waals surface area contributed by atoms with Gasteiger partial charge in [-0.15, -0.1) is 23.2 Å². The van der Waals surface area contributed by atoms with Crippen LogP contribution in [0.2, 0.25) is 0 Å². The third-order valence-corrected chi connectivity index (χ3v) is 4.11. The summed E-state index contributed by atoms with van der Waals surface area (Å²) in [6.45, 7) is 1.71. The van der Waals surface area contributed by atoms with E-state index in [2.05, 4.69) is 0 Å². The summed E-state index contributed by atoms with van der Waals surface area (Å²) in [6, 6.07) is 0. The zero-order valence-electron chi connectivity index (χ0n) is 5.97. The largest absolute Gasteiger partial charge is 0.229 e. The Balaban J connectivity index is 2.68. The van der Waals surface area contributed by atoms with Crippen LogP contribution in [0, 0.1) is 5.41 Å². The van der Waals surface area contributed by atoms with Gasteiger partial charge in [-0.25, -0.2) is 13.6 Å². The predicted octanol–water partition coefficient (Wildman–Crippen LogP) is 0.859. The highest BCUT2D eigenvalue weighted by atomic mass is 35.5. The van der Waals surface area contributed by atoms with Crippen molar-refractivity contribution in [2.45, 2.75) is 17.7 Å². The molecule has 0 saturated heterocycles. The summed E-state index contributed by atoms with van der Waals surface area (Å²) in [5.41, 5.74) is -0.552. The lowest BCUT2D eigenvalue weighted by molar-refractivity contribution is 0.566. The fraction of sp³-hybridized carbons (Fsp3) is 1.00. The van der Waals surface area contributed by atoms with E-state index < -0.39 is 19.8 Å². The topological polar surface area (TPSA) is 60.2 Å². The van der Waals surface area contributed by atoms with Gasteiger partial charge in [0.1, 0.15) is 4.33 Å². The van der Waals surface area contributed by atoms with Gasteiger partial charge >= 0.3 is 0 Å². The van der Waals surface area contributed by atoms with Gasteiger partial charge in [-0.2, -0.15) is 0 Å². The first kappa shape index (κ1) is 9.58. The van der Waals surface area contributed by atoms with Crippen molar-refractivity contribution in [1.82, 2.24) is 0 Å². The summed E-state index contributed by atoms with van der Waals surface area (Å²) >= 11 is 11.4. The number of nitrogens with two attached hydrogens (primary N) is 1. The maximum Gasteiger partial charge on any atom is 0.209 e. The van der Waals surface area contributed by atoms with Crippen LogP contribution in [0.1, 0.15) is 13.3 Å². The highest BCUT2D eigenvalue weighted by Crippen LogP contribution is 2.63. The molecular formula is C5H9Cl2NO2S. The third-order valence-electron chi connectivity index (χ3n) is 1.89. The summed E-state index contributed by atoms with van der Waals surface area (Å²) in [6.07, 6.45) is 0.486. The smallest absolute Gasteiger partial charge is 0.209 e. The number of halogens is 2. The Hall–Kier alpha value is 0.490. The second-order valence-electron chi connectivity index (χ2n) is 3.25. The third kappa shape index (κ3) is 1.99. The molecule has 2 N–H and O–H groups in total. The molecule has 1 aliphatic carbocycles. The second-order valence-corrected chi connectivity index (χ2v) is 6.35. The van der Waals surface area contributed by atoms with E-state index in [1.807, 2.05) is 0 Å². The molecule has 0 aliphatic heterocycles. The highest BCUT2D eigenvalue weighted by molar-refractivity contribution is 7.89. The first-order valence-electron chi connectivity index (χ1n) is 3.05. The number of hydrogen-bond acceptors (Lipinski definition) is 2. The van der Waals surface area contributed by atoms with Crippen molar-refractivity contribution in [1.29, 1.82) is 0 Å². The monoisotopic (exact) mass is 217 g/mol. The van der Waals surface area contributed by atoms with Crippen LogP contribution in [-0.4, -0.2) is 18.5 Å². The standard InChI is InChI=1S/C5H9Cl2NO2S/c1-4(2-5(4,6)7)3-11(8,9)10/h2-3H2,1H3,(H2,8,9,10). The molecule has 6 heteroatoms. The number of primary sulfonamides is 1. The van der Waals surface area contributed by atoms with E-state index in [1.165, 1.54) is 0 Å². The molecule has 3 nitrogen and oxygen atoms in total. The summed E-state index contributed by atoms with van der Waals surface area (Å²) in [4.78, 5) is 0. The average Bonchev–Trinajstić information content (AvgIpc) is 1.96. The van der Waals surface area contributed by atoms with E-state index in [4.69, 9.17) is 28.3 Å². The van der Waals surface area contributed by atoms with E-state index in [-0.39, 0.29) is 5.75 Å². The first-order chi connectivity index (χ1) is 4.66. The molecule has 0 aromatic carbocycles. The van der Waals surface area contributed by atoms with Gasteiger partial charge in [-0.3, -0.25) is 0 Å². The minimum atomic E-state index is -3.46. The van der Waals surface area contributed by atoms with Crippen molar-refractivity contribution in [3.8, 4) is 0 Å². The lowest BCUT2D eigenvalue weighted by Gasteiger charge is -2.08. The van der Waals surface area contributed by atoms with Gasteiger partial charge in [-0.1, -0.05) is 6.92 Å². The van der Waals surface area contributed by atoms with Crippen LogP contribution in [0.3, 0.4) is 0 Å². The molecule has 1 aliphatic rings. The molecule has 66 valence electrons. The molecule has 1 atom stereocenters. The van der Waals surface area contributed by atoms with Crippen LogP contribution in [0.4, 0.5) is 0 Å². The van der Waals surface area contributed by atoms with E-state index >= 15 is 0 Å². The van der Waals surface area contributed by atoms with Gasteiger partial charge in [0, 0.05) is 5.41 Å². The SMILES string of the molecule is CC1(CS(N)(=O)=O)CC1(Cl)Cl. The Labute approximate surface area is 75.9 Å². The molecule has 0 aromatic heterocycles. The maximum atomic E-state index is 10.6. The van der Waals surface area contributed by atoms with Crippen molar-refractivity contribution in [2.24, 2.45) is 10.6 Å². The molecule has 11 heavy (non-hydrogen) atoms. The van der Waals surface area contributed by atoms with Gasteiger partial charge in [0.25, 0.3) is 0 Å². The van der Waals surface area contributed by atoms with Gasteiger partial charge in [0.2, 0.25) is 10.0 Å².